The molecule has 0 spiro atoms. The largest absolute Gasteiger partial charge is 0.460 e. The number of hydrogen-bond acceptors (Lipinski definition) is 1. The van der Waals surface area contributed by atoms with E-state index in [0.717, 1.165) is 0 Å². The highest BCUT2D eigenvalue weighted by molar-refractivity contribution is 8.00. The van der Waals surface area contributed by atoms with Crippen molar-refractivity contribution in [2.24, 2.45) is 0 Å². The summed E-state index contributed by atoms with van der Waals surface area (Å²) in [5.41, 5.74) is 0. The molecule has 0 rings (SSSR count). The fourth-order valence-electron chi connectivity index (χ4n) is 0.624. The van der Waals surface area contributed by atoms with Gasteiger partial charge >= 0.3 is 29.5 Å². The Morgan fingerprint density at radius 1 is 0.579 bits per heavy atom. The van der Waals surface area contributed by atoms with Gasteiger partial charge in [-0.3, -0.25) is 0 Å². The molecule has 0 aromatic heterocycles. The fraction of sp³-hybridized carbons (Fsp3) is 1.00. The van der Waals surface area contributed by atoms with E-state index < -0.39 is 47.0 Å². The second kappa shape index (κ2) is 4.81. The van der Waals surface area contributed by atoms with E-state index in [1.807, 2.05) is 0 Å². The first kappa shape index (κ1) is 18.5. The molecular formula is C6H2F12S. The van der Waals surface area contributed by atoms with Crippen molar-refractivity contribution in [1.82, 2.24) is 0 Å². The Hall–Kier alpha value is -0.490. The topological polar surface area (TPSA) is 0 Å². The molecule has 0 fully saturated rings. The SMILES string of the molecule is FC(F)(F)CSC(F)(F)C(F)(F)C(F)(F)C(F)(F)F. The summed E-state index contributed by atoms with van der Waals surface area (Å²) < 4.78 is 143. The van der Waals surface area contributed by atoms with Crippen molar-refractivity contribution in [2.45, 2.75) is 29.5 Å². The molecular weight excluding hydrogens is 332 g/mol. The normalized spacial score (nSPS) is 15.8. The third-order valence-electron chi connectivity index (χ3n) is 1.53. The lowest BCUT2D eigenvalue weighted by Gasteiger charge is -2.33. The summed E-state index contributed by atoms with van der Waals surface area (Å²) in [7, 11) is 0. The van der Waals surface area contributed by atoms with Crippen LogP contribution in [0.25, 0.3) is 0 Å². The second-order valence-corrected chi connectivity index (χ2v) is 4.16. The minimum atomic E-state index is -7.18. The molecule has 0 aliphatic carbocycles. The highest BCUT2D eigenvalue weighted by atomic mass is 32.2. The van der Waals surface area contributed by atoms with E-state index in [4.69, 9.17) is 0 Å². The maximum atomic E-state index is 12.5. The molecule has 0 aromatic rings. The molecule has 0 nitrogen and oxygen atoms in total. The molecule has 0 unspecified atom stereocenters. The Morgan fingerprint density at radius 2 is 0.947 bits per heavy atom. The predicted molar refractivity (Wildman–Crippen MR) is 39.4 cm³/mol. The minimum Gasteiger partial charge on any atom is -0.191 e. The van der Waals surface area contributed by atoms with Crippen molar-refractivity contribution in [1.29, 1.82) is 0 Å². The van der Waals surface area contributed by atoms with E-state index >= 15 is 0 Å². The van der Waals surface area contributed by atoms with Crippen LogP contribution in [-0.2, 0) is 0 Å². The van der Waals surface area contributed by atoms with Crippen LogP contribution in [-0.4, -0.2) is 35.2 Å². The molecule has 0 saturated carbocycles. The van der Waals surface area contributed by atoms with Crippen molar-refractivity contribution in [3.63, 3.8) is 0 Å². The van der Waals surface area contributed by atoms with Gasteiger partial charge in [-0.2, -0.15) is 52.7 Å². The average molecular weight is 334 g/mol. The Morgan fingerprint density at radius 3 is 1.21 bits per heavy atom. The van der Waals surface area contributed by atoms with E-state index in [-0.39, 0.29) is 0 Å². The molecule has 19 heavy (non-hydrogen) atoms. The first-order valence-corrected chi connectivity index (χ1v) is 4.85. The van der Waals surface area contributed by atoms with Crippen LogP contribution in [0.1, 0.15) is 0 Å². The van der Waals surface area contributed by atoms with Crippen molar-refractivity contribution in [3.8, 4) is 0 Å². The predicted octanol–water partition coefficient (Wildman–Crippen LogP) is 4.71. The van der Waals surface area contributed by atoms with E-state index in [2.05, 4.69) is 0 Å². The van der Waals surface area contributed by atoms with Crippen molar-refractivity contribution < 1.29 is 52.7 Å². The van der Waals surface area contributed by atoms with E-state index in [9.17, 15) is 52.7 Å². The Bertz CT molecular complexity index is 311. The lowest BCUT2D eigenvalue weighted by molar-refractivity contribution is -0.381. The first-order valence-electron chi connectivity index (χ1n) is 3.86. The van der Waals surface area contributed by atoms with E-state index in [1.54, 1.807) is 0 Å². The monoisotopic (exact) mass is 334 g/mol. The van der Waals surface area contributed by atoms with Crippen LogP contribution in [0.15, 0.2) is 0 Å². The molecule has 0 N–H and O–H groups in total. The first-order chi connectivity index (χ1) is 7.96. The quantitative estimate of drug-likeness (QED) is 0.671. The summed E-state index contributed by atoms with van der Waals surface area (Å²) >= 11 is -2.05. The van der Waals surface area contributed by atoms with Crippen LogP contribution in [0.3, 0.4) is 0 Å². The number of thioether (sulfide) groups is 1. The molecule has 0 saturated heterocycles. The van der Waals surface area contributed by atoms with Gasteiger partial charge in [0.15, 0.2) is 0 Å². The number of rotatable bonds is 4. The summed E-state index contributed by atoms with van der Waals surface area (Å²) in [5, 5.41) is -6.26. The molecule has 116 valence electrons. The minimum absolute atomic E-state index is 2.05. The Kier molecular flexibility index (Phi) is 4.68. The van der Waals surface area contributed by atoms with Crippen LogP contribution in [0.2, 0.25) is 0 Å². The molecule has 0 aromatic carbocycles. The van der Waals surface area contributed by atoms with Gasteiger partial charge in [-0.05, 0) is 0 Å². The van der Waals surface area contributed by atoms with E-state index in [1.165, 1.54) is 0 Å². The van der Waals surface area contributed by atoms with Crippen molar-refractivity contribution >= 4 is 11.8 Å². The maximum Gasteiger partial charge on any atom is 0.460 e. The zero-order valence-electron chi connectivity index (χ0n) is 8.15. The van der Waals surface area contributed by atoms with Crippen LogP contribution in [0.5, 0.6) is 0 Å². The number of hydrogen-bond donors (Lipinski definition) is 0. The van der Waals surface area contributed by atoms with Gasteiger partial charge in [-0.1, -0.05) is 11.8 Å². The van der Waals surface area contributed by atoms with Gasteiger partial charge in [0, 0.05) is 0 Å². The third kappa shape index (κ3) is 3.75. The van der Waals surface area contributed by atoms with Crippen LogP contribution in [0, 0.1) is 0 Å². The summed E-state index contributed by atoms with van der Waals surface area (Å²) in [5.74, 6) is -16.9. The summed E-state index contributed by atoms with van der Waals surface area (Å²) in [6.45, 7) is 0. The summed E-state index contributed by atoms with van der Waals surface area (Å²) in [6.07, 6.45) is -12.5. The Balaban J connectivity index is 5.28. The molecule has 13 heteroatoms. The fourth-order valence-corrected chi connectivity index (χ4v) is 1.28. The highest BCUT2D eigenvalue weighted by Crippen LogP contribution is 2.56. The van der Waals surface area contributed by atoms with Crippen LogP contribution < -0.4 is 0 Å². The summed E-state index contributed by atoms with van der Waals surface area (Å²) in [6, 6.07) is 0. The van der Waals surface area contributed by atoms with Crippen LogP contribution >= 0.6 is 11.8 Å². The zero-order valence-corrected chi connectivity index (χ0v) is 8.97. The molecule has 0 amide bonds. The molecule has 0 radical (unpaired) electrons. The standard InChI is InChI=1S/C6H2F12S/c7-2(8,9)1-19-6(17,18)4(12,13)3(10,11)5(14,15)16/h1H2. The molecule has 0 aliphatic rings. The van der Waals surface area contributed by atoms with Gasteiger partial charge in [0.1, 0.15) is 0 Å². The third-order valence-corrected chi connectivity index (χ3v) is 2.62. The Labute approximate surface area is 101 Å². The second-order valence-electron chi connectivity index (χ2n) is 3.07. The van der Waals surface area contributed by atoms with Crippen molar-refractivity contribution in [2.75, 3.05) is 5.75 Å². The molecule has 0 heterocycles. The van der Waals surface area contributed by atoms with Gasteiger partial charge in [0.05, 0.1) is 5.75 Å². The average Bonchev–Trinajstić information content (AvgIpc) is 2.11. The smallest absolute Gasteiger partial charge is 0.191 e. The highest BCUT2D eigenvalue weighted by Gasteiger charge is 2.82. The molecule has 0 bridgehead atoms. The van der Waals surface area contributed by atoms with Crippen molar-refractivity contribution in [3.05, 3.63) is 0 Å². The lowest BCUT2D eigenvalue weighted by atomic mass is 10.1. The number of halogens is 12. The summed E-state index contributed by atoms with van der Waals surface area (Å²) in [4.78, 5) is 0. The molecule has 0 aliphatic heterocycles. The van der Waals surface area contributed by atoms with Gasteiger partial charge in [0.25, 0.3) is 0 Å². The number of alkyl halides is 12. The lowest BCUT2D eigenvalue weighted by Crippen LogP contribution is -2.59. The van der Waals surface area contributed by atoms with Gasteiger partial charge in [-0.25, -0.2) is 0 Å². The van der Waals surface area contributed by atoms with E-state index in [0.29, 0.717) is 0 Å². The zero-order chi connectivity index (χ0) is 15.9. The van der Waals surface area contributed by atoms with Crippen LogP contribution in [0.4, 0.5) is 52.7 Å². The maximum absolute atomic E-state index is 12.5. The van der Waals surface area contributed by atoms with Gasteiger partial charge in [-0.15, -0.1) is 0 Å². The van der Waals surface area contributed by atoms with Gasteiger partial charge in [0.2, 0.25) is 0 Å². The molecule has 0 atom stereocenters. The van der Waals surface area contributed by atoms with Gasteiger partial charge < -0.3 is 0 Å².